The number of esters is 1. The molecule has 1 atom stereocenters. The van der Waals surface area contributed by atoms with Crippen molar-refractivity contribution in [3.63, 3.8) is 0 Å². The second-order valence-corrected chi connectivity index (χ2v) is 9.15. The zero-order valence-electron chi connectivity index (χ0n) is 16.9. The molecule has 5 rings (SSSR count). The van der Waals surface area contributed by atoms with Crippen LogP contribution >= 0.6 is 22.7 Å². The highest BCUT2D eigenvalue weighted by molar-refractivity contribution is 7.10. The molecule has 0 saturated heterocycles. The van der Waals surface area contributed by atoms with Gasteiger partial charge in [0.05, 0.1) is 22.9 Å². The topological polar surface area (TPSA) is 60.7 Å². The predicted molar refractivity (Wildman–Crippen MR) is 124 cm³/mol. The Kier molecular flexibility index (Phi) is 4.92. The molecule has 0 fully saturated rings. The maximum Gasteiger partial charge on any atom is 0.338 e. The molecule has 1 unspecified atom stereocenters. The van der Waals surface area contributed by atoms with Gasteiger partial charge < -0.3 is 4.74 Å². The Morgan fingerprint density at radius 2 is 1.94 bits per heavy atom. The molecule has 154 valence electrons. The summed E-state index contributed by atoms with van der Waals surface area (Å²) in [5, 5.41) is 4.13. The summed E-state index contributed by atoms with van der Waals surface area (Å²) in [6, 6.07) is 17.4. The highest BCUT2D eigenvalue weighted by Crippen LogP contribution is 2.33. The first-order chi connectivity index (χ1) is 15.1. The molecule has 5 nitrogen and oxygen atoms in total. The number of hydrogen-bond donors (Lipinski definition) is 0. The van der Waals surface area contributed by atoms with Crippen molar-refractivity contribution in [1.82, 2.24) is 4.57 Å². The Morgan fingerprint density at radius 1 is 1.13 bits per heavy atom. The first-order valence-corrected chi connectivity index (χ1v) is 11.4. The van der Waals surface area contributed by atoms with Crippen molar-refractivity contribution in [3.05, 3.63) is 101 Å². The van der Waals surface area contributed by atoms with Gasteiger partial charge in [0.25, 0.3) is 5.56 Å². The number of thiazole rings is 1. The maximum absolute atomic E-state index is 13.5. The summed E-state index contributed by atoms with van der Waals surface area (Å²) in [5.74, 6) is -0.469. The fraction of sp³-hybridized carbons (Fsp3) is 0.125. The highest BCUT2D eigenvalue weighted by atomic mass is 32.1. The van der Waals surface area contributed by atoms with Gasteiger partial charge in [-0.1, -0.05) is 59.9 Å². The normalized spacial score (nSPS) is 16.3. The van der Waals surface area contributed by atoms with E-state index in [4.69, 9.17) is 4.74 Å². The number of fused-ring (bicyclic) bond motifs is 2. The number of allylic oxidation sites excluding steroid dienone is 1. The van der Waals surface area contributed by atoms with Crippen molar-refractivity contribution in [2.45, 2.75) is 13.0 Å². The molecular weight excluding hydrogens is 428 g/mol. The lowest BCUT2D eigenvalue weighted by atomic mass is 10.0. The number of aromatic nitrogens is 1. The van der Waals surface area contributed by atoms with Crippen molar-refractivity contribution in [1.29, 1.82) is 0 Å². The molecule has 7 heteroatoms. The quantitative estimate of drug-likeness (QED) is 0.452. The first-order valence-electron chi connectivity index (χ1n) is 9.70. The molecule has 0 bridgehead atoms. The zero-order chi connectivity index (χ0) is 21.5. The van der Waals surface area contributed by atoms with E-state index in [2.05, 4.69) is 17.1 Å². The number of carbonyl (C=O) groups excluding carboxylic acids is 1. The average Bonchev–Trinajstić information content (AvgIpc) is 3.41. The molecule has 1 aliphatic heterocycles. The fourth-order valence-electron chi connectivity index (χ4n) is 3.93. The van der Waals surface area contributed by atoms with E-state index in [0.29, 0.717) is 20.6 Å². The molecule has 0 radical (unpaired) electrons. The lowest BCUT2D eigenvalue weighted by Crippen LogP contribution is -2.39. The largest absolute Gasteiger partial charge is 0.466 e. The Balaban J connectivity index is 1.77. The molecule has 0 aliphatic carbocycles. The van der Waals surface area contributed by atoms with Crippen molar-refractivity contribution < 1.29 is 9.53 Å². The van der Waals surface area contributed by atoms with Crippen LogP contribution in [-0.4, -0.2) is 17.6 Å². The minimum atomic E-state index is -0.543. The Bertz CT molecular complexity index is 1520. The summed E-state index contributed by atoms with van der Waals surface area (Å²) >= 11 is 2.84. The lowest BCUT2D eigenvalue weighted by Gasteiger charge is -2.22. The van der Waals surface area contributed by atoms with Crippen LogP contribution in [0.4, 0.5) is 0 Å². The van der Waals surface area contributed by atoms with Gasteiger partial charge in [0.1, 0.15) is 6.04 Å². The summed E-state index contributed by atoms with van der Waals surface area (Å²) in [5.41, 5.74) is 1.78. The van der Waals surface area contributed by atoms with Crippen molar-refractivity contribution >= 4 is 45.5 Å². The summed E-state index contributed by atoms with van der Waals surface area (Å²) < 4.78 is 7.22. The number of thiophene rings is 1. The molecular formula is C24H18N2O3S2. The number of nitrogens with zero attached hydrogens (tertiary/aromatic N) is 2. The number of carbonyl (C=O) groups is 1. The number of benzene rings is 2. The van der Waals surface area contributed by atoms with Crippen LogP contribution in [0, 0.1) is 0 Å². The fourth-order valence-corrected chi connectivity index (χ4v) is 5.79. The van der Waals surface area contributed by atoms with Crippen LogP contribution in [0.2, 0.25) is 0 Å². The molecule has 0 N–H and O–H groups in total. The van der Waals surface area contributed by atoms with Crippen molar-refractivity contribution in [2.24, 2.45) is 4.99 Å². The summed E-state index contributed by atoms with van der Waals surface area (Å²) in [7, 11) is 1.35. The molecule has 1 aliphatic rings. The SMILES string of the molecule is COC(=O)C1=C(C)N=c2s/c(=C\c3cccc4ccccc34)c(=O)n2C1c1cccs1. The Hall–Kier alpha value is -3.29. The van der Waals surface area contributed by atoms with Gasteiger partial charge in [-0.15, -0.1) is 11.3 Å². The van der Waals surface area contributed by atoms with Crippen LogP contribution in [0.1, 0.15) is 23.4 Å². The monoisotopic (exact) mass is 446 g/mol. The lowest BCUT2D eigenvalue weighted by molar-refractivity contribution is -0.136. The number of hydrogen-bond acceptors (Lipinski definition) is 6. The smallest absolute Gasteiger partial charge is 0.338 e. The second kappa shape index (κ2) is 7.76. The molecule has 2 aromatic carbocycles. The van der Waals surface area contributed by atoms with E-state index in [-0.39, 0.29) is 5.56 Å². The molecule has 2 aromatic heterocycles. The molecule has 0 amide bonds. The second-order valence-electron chi connectivity index (χ2n) is 7.16. The van der Waals surface area contributed by atoms with Gasteiger partial charge in [-0.3, -0.25) is 9.36 Å². The zero-order valence-corrected chi connectivity index (χ0v) is 18.5. The Morgan fingerprint density at radius 3 is 2.71 bits per heavy atom. The van der Waals surface area contributed by atoms with Gasteiger partial charge >= 0.3 is 5.97 Å². The summed E-state index contributed by atoms with van der Waals surface area (Å²) in [6.07, 6.45) is 1.91. The van der Waals surface area contributed by atoms with Gasteiger partial charge in [-0.25, -0.2) is 9.79 Å². The third-order valence-corrected chi connectivity index (χ3v) is 7.26. The number of rotatable bonds is 3. The van der Waals surface area contributed by atoms with Crippen molar-refractivity contribution in [2.75, 3.05) is 7.11 Å². The van der Waals surface area contributed by atoms with Gasteiger partial charge in [0, 0.05) is 4.88 Å². The van der Waals surface area contributed by atoms with E-state index in [0.717, 1.165) is 21.2 Å². The summed E-state index contributed by atoms with van der Waals surface area (Å²) in [6.45, 7) is 1.79. The van der Waals surface area contributed by atoms with Crippen LogP contribution in [0.15, 0.2) is 81.0 Å². The van der Waals surface area contributed by atoms with E-state index in [1.807, 2.05) is 53.9 Å². The van der Waals surface area contributed by atoms with E-state index >= 15 is 0 Å². The van der Waals surface area contributed by atoms with E-state index in [1.165, 1.54) is 29.8 Å². The minimum Gasteiger partial charge on any atom is -0.466 e. The van der Waals surface area contributed by atoms with Crippen LogP contribution < -0.4 is 14.9 Å². The van der Waals surface area contributed by atoms with Gasteiger partial charge in [0.15, 0.2) is 4.80 Å². The van der Waals surface area contributed by atoms with E-state index in [1.54, 1.807) is 11.5 Å². The minimum absolute atomic E-state index is 0.163. The molecule has 0 saturated carbocycles. The number of ether oxygens (including phenoxy) is 1. The van der Waals surface area contributed by atoms with Crippen LogP contribution in [0.5, 0.6) is 0 Å². The maximum atomic E-state index is 13.5. The van der Waals surface area contributed by atoms with Crippen LogP contribution in [0.25, 0.3) is 16.8 Å². The van der Waals surface area contributed by atoms with Gasteiger partial charge in [-0.2, -0.15) is 0 Å². The Labute approximate surface area is 185 Å². The predicted octanol–water partition coefficient (Wildman–Crippen LogP) is 3.62. The third kappa shape index (κ3) is 3.26. The molecule has 31 heavy (non-hydrogen) atoms. The third-order valence-electron chi connectivity index (χ3n) is 5.35. The van der Waals surface area contributed by atoms with E-state index < -0.39 is 12.0 Å². The van der Waals surface area contributed by atoms with Crippen LogP contribution in [-0.2, 0) is 9.53 Å². The molecule has 4 aromatic rings. The molecule has 0 spiro atoms. The summed E-state index contributed by atoms with van der Waals surface area (Å²) in [4.78, 5) is 32.2. The van der Waals surface area contributed by atoms with Gasteiger partial charge in [0.2, 0.25) is 0 Å². The van der Waals surface area contributed by atoms with E-state index in [9.17, 15) is 9.59 Å². The van der Waals surface area contributed by atoms with Crippen molar-refractivity contribution in [3.8, 4) is 0 Å². The standard InChI is InChI=1S/C24H18N2O3S2/c1-14-20(23(28)29-2)21(18-11-6-12-30-18)26-22(27)19(31-24(26)25-14)13-16-9-5-8-15-7-3-4-10-17(15)16/h3-13,21H,1-2H3/b19-13-. The number of methoxy groups -OCH3 is 1. The molecule has 3 heterocycles. The average molecular weight is 447 g/mol. The van der Waals surface area contributed by atoms with Gasteiger partial charge in [-0.05, 0) is 40.8 Å². The first kappa shape index (κ1) is 19.7. The van der Waals surface area contributed by atoms with Crippen LogP contribution in [0.3, 0.4) is 0 Å². The highest BCUT2D eigenvalue weighted by Gasteiger charge is 2.33.